The van der Waals surface area contributed by atoms with Crippen molar-refractivity contribution in [1.82, 2.24) is 0 Å². The maximum Gasteiger partial charge on any atom is 0.187 e. The highest BCUT2D eigenvalue weighted by atomic mass is 79.9. The van der Waals surface area contributed by atoms with Crippen LogP contribution < -0.4 is 0 Å². The predicted molar refractivity (Wildman–Crippen MR) is 275 cm³/mol. The Morgan fingerprint density at radius 1 is 0.169 bits per heavy atom. The number of hydrogen-bond donors (Lipinski definition) is 14. The Hall–Kier alpha value is 2.24. The van der Waals surface area contributed by atoms with Crippen molar-refractivity contribution in [3.8, 4) is 0 Å². The van der Waals surface area contributed by atoms with E-state index in [4.69, 9.17) is 66.3 Å². The summed E-state index contributed by atoms with van der Waals surface area (Å²) in [6.45, 7) is 0. The smallest absolute Gasteiger partial charge is 0.187 e. The van der Waals surface area contributed by atoms with Crippen LogP contribution in [0.1, 0.15) is 0 Å². The molecule has 0 amide bonds. The molecule has 448 valence electrons. The van der Waals surface area contributed by atoms with Gasteiger partial charge in [0.05, 0.1) is 42.7 Å². The van der Waals surface area contributed by atoms with Gasteiger partial charge in [0.25, 0.3) is 0 Å². The zero-order valence-electron chi connectivity index (χ0n) is 39.8. The molecule has 14 bridgehead atoms. The van der Waals surface area contributed by atoms with Gasteiger partial charge in [-0.3, -0.25) is 0 Å². The summed E-state index contributed by atoms with van der Waals surface area (Å²) < 4.78 is 84.2. The summed E-state index contributed by atoms with van der Waals surface area (Å²) in [6.07, 6.45) is -58.0. The van der Waals surface area contributed by atoms with Crippen LogP contribution in [0.3, 0.4) is 0 Å². The fourth-order valence-electron chi connectivity index (χ4n) is 10.3. The number of hydrogen-bond acceptors (Lipinski definition) is 28. The number of aliphatic hydroxyl groups is 14. The van der Waals surface area contributed by atoms with Gasteiger partial charge in [0.15, 0.2) is 44.0 Å². The van der Waals surface area contributed by atoms with Crippen LogP contribution in [0, 0.1) is 0 Å². The maximum absolute atomic E-state index is 11.5. The van der Waals surface area contributed by atoms with Gasteiger partial charge in [-0.25, -0.2) is 0 Å². The third-order valence-corrected chi connectivity index (χ3v) is 19.1. The summed E-state index contributed by atoms with van der Waals surface area (Å²) in [7, 11) is 0. The first-order valence-corrected chi connectivity index (χ1v) is 32.1. The first-order chi connectivity index (χ1) is 36.7. The molecule has 21 heterocycles. The molecule has 21 rings (SSSR count). The SMILES string of the molecule is OC1C2OC(CBr)C(OC3OC(CBr)C(OC4OC(CBr)C(OC5OC(CBr)C(OC6OC(CBr)C(OC7OC(CBr)C(OC8OC(CBr)C(O2)C(O)C8O)C(O)C7O)C(O)C6O)C(O)C5O)C(O)C4O)C(O)C3O)C1O. The van der Waals surface area contributed by atoms with Crippen LogP contribution >= 0.6 is 112 Å². The minimum atomic E-state index is -1.95. The lowest BCUT2D eigenvalue weighted by Crippen LogP contribution is -2.68. The molecule has 28 nitrogen and oxygen atoms in total. The third-order valence-electron chi connectivity index (χ3n) is 14.6. The van der Waals surface area contributed by atoms with E-state index in [1.807, 2.05) is 0 Å². The van der Waals surface area contributed by atoms with Crippen LogP contribution in [0.15, 0.2) is 0 Å². The van der Waals surface area contributed by atoms with Crippen LogP contribution in [0.2, 0.25) is 0 Å². The fourth-order valence-corrected chi connectivity index (χ4v) is 13.9. The van der Waals surface area contributed by atoms with Crippen molar-refractivity contribution in [3.63, 3.8) is 0 Å². The fraction of sp³-hybridized carbons (Fsp3) is 1.00. The summed E-state index contributed by atoms with van der Waals surface area (Å²) >= 11 is 23.1. The monoisotopic (exact) mass is 1570 g/mol. The molecule has 0 aromatic heterocycles. The molecule has 21 aliphatic rings. The normalized spacial score (nSPS) is 55.4. The van der Waals surface area contributed by atoms with Crippen molar-refractivity contribution in [2.75, 3.05) is 37.3 Å². The Kier molecular flexibility index (Phi) is 24.0. The first kappa shape index (κ1) is 65.2. The average Bonchev–Trinajstić information content (AvgIpc) is 3.47. The van der Waals surface area contributed by atoms with E-state index in [-0.39, 0.29) is 37.3 Å². The van der Waals surface area contributed by atoms with Gasteiger partial charge < -0.3 is 138 Å². The highest BCUT2D eigenvalue weighted by Gasteiger charge is 2.59. The van der Waals surface area contributed by atoms with E-state index in [1.165, 1.54) is 0 Å². The number of alkyl halides is 7. The Morgan fingerprint density at radius 3 is 0.364 bits per heavy atom. The van der Waals surface area contributed by atoms with Crippen molar-refractivity contribution >= 4 is 112 Å². The molecule has 21 fully saturated rings. The Balaban J connectivity index is 1.08. The average molecular weight is 1580 g/mol. The van der Waals surface area contributed by atoms with E-state index in [9.17, 15) is 71.5 Å². The zero-order chi connectivity index (χ0) is 56.1. The van der Waals surface area contributed by atoms with Gasteiger partial charge in [0, 0.05) is 37.3 Å². The molecule has 14 N–H and O–H groups in total. The van der Waals surface area contributed by atoms with Gasteiger partial charge in [-0.15, -0.1) is 0 Å². The van der Waals surface area contributed by atoms with Crippen molar-refractivity contribution in [3.05, 3.63) is 0 Å². The van der Waals surface area contributed by atoms with Crippen LogP contribution in [-0.2, 0) is 66.3 Å². The molecule has 0 saturated carbocycles. The summed E-state index contributed by atoms with van der Waals surface area (Å²) in [5.74, 6) is 0. The molecular formula is C42H63Br7O28. The zero-order valence-corrected chi connectivity index (χ0v) is 50.9. The predicted octanol–water partition coefficient (Wildman–Crippen LogP) is -5.41. The van der Waals surface area contributed by atoms with E-state index < -0.39 is 215 Å². The van der Waals surface area contributed by atoms with Crippen molar-refractivity contribution < 1.29 is 138 Å². The second-order valence-electron chi connectivity index (χ2n) is 19.5. The number of ether oxygens (including phenoxy) is 14. The van der Waals surface area contributed by atoms with Crippen LogP contribution in [0.4, 0.5) is 0 Å². The topological polar surface area (TPSA) is 412 Å². The molecule has 35 atom stereocenters. The van der Waals surface area contributed by atoms with E-state index in [0.29, 0.717) is 0 Å². The molecule has 0 radical (unpaired) electrons. The second kappa shape index (κ2) is 28.4. The molecule has 77 heavy (non-hydrogen) atoms. The summed E-state index contributed by atoms with van der Waals surface area (Å²) in [5, 5.41) is 160. The molecule has 35 unspecified atom stereocenters. The Bertz CT molecular complexity index is 1490. The van der Waals surface area contributed by atoms with E-state index in [2.05, 4.69) is 112 Å². The number of rotatable bonds is 7. The minimum absolute atomic E-state index is 0.103. The Morgan fingerprint density at radius 2 is 0.273 bits per heavy atom. The minimum Gasteiger partial charge on any atom is -0.387 e. The largest absolute Gasteiger partial charge is 0.387 e. The number of halogens is 7. The maximum atomic E-state index is 11.5. The summed E-state index contributed by atoms with van der Waals surface area (Å²) in [6, 6.07) is 0. The van der Waals surface area contributed by atoms with Gasteiger partial charge in [0.2, 0.25) is 0 Å². The van der Waals surface area contributed by atoms with Gasteiger partial charge in [0.1, 0.15) is 128 Å². The summed E-state index contributed by atoms with van der Waals surface area (Å²) in [5.41, 5.74) is 0. The molecule has 0 spiro atoms. The molecular weight excluding hydrogens is 1510 g/mol. The van der Waals surface area contributed by atoms with E-state index in [0.717, 1.165) is 0 Å². The van der Waals surface area contributed by atoms with Gasteiger partial charge in [-0.05, 0) is 0 Å². The van der Waals surface area contributed by atoms with Crippen molar-refractivity contribution in [1.29, 1.82) is 0 Å². The van der Waals surface area contributed by atoms with Crippen LogP contribution in [-0.4, -0.2) is 324 Å². The number of aliphatic hydroxyl groups excluding tert-OH is 14. The van der Waals surface area contributed by atoms with Crippen LogP contribution in [0.5, 0.6) is 0 Å². The highest BCUT2D eigenvalue weighted by molar-refractivity contribution is 9.10. The van der Waals surface area contributed by atoms with E-state index >= 15 is 0 Å². The molecule has 0 aliphatic carbocycles. The standard InChI is InChI=1S/C42H63Br7O28/c43-1-8-29-15(50)22(57)36(64-8)72-30-9(2-44)66-38(24(59)17(30)52)74-32-11(4-46)68-40(26(61)19(32)54)76-34-13(6-48)70-42(28(63)21(34)56)77-35-14(7-49)69-41(27(62)20(35)55)75-33-12(5-47)67-39(25(60)18(33)53)73-31-10(3-45)65-37(71-29)23(58)16(31)51/h8-42,50-63H,1-7H2. The quantitative estimate of drug-likeness (QED) is 0.106. The molecule has 35 heteroatoms. The van der Waals surface area contributed by atoms with Crippen molar-refractivity contribution in [2.24, 2.45) is 0 Å². The van der Waals surface area contributed by atoms with E-state index in [1.54, 1.807) is 0 Å². The lowest BCUT2D eigenvalue weighted by molar-refractivity contribution is -0.388. The molecule has 0 aromatic carbocycles. The van der Waals surface area contributed by atoms with Gasteiger partial charge in [-0.2, -0.15) is 0 Å². The lowest BCUT2D eigenvalue weighted by Gasteiger charge is -2.50. The molecule has 0 aromatic rings. The third kappa shape index (κ3) is 13.4. The molecule has 21 saturated heterocycles. The van der Waals surface area contributed by atoms with Gasteiger partial charge in [-0.1, -0.05) is 112 Å². The Labute approximate surface area is 497 Å². The molecule has 21 aliphatic heterocycles. The summed E-state index contributed by atoms with van der Waals surface area (Å²) in [4.78, 5) is 0. The second-order valence-corrected chi connectivity index (χ2v) is 24.0. The van der Waals surface area contributed by atoms with Gasteiger partial charge >= 0.3 is 0 Å². The lowest BCUT2D eigenvalue weighted by atomic mass is 9.95. The first-order valence-electron chi connectivity index (χ1n) is 24.3. The van der Waals surface area contributed by atoms with Crippen molar-refractivity contribution in [2.45, 2.75) is 215 Å². The van der Waals surface area contributed by atoms with Crippen LogP contribution in [0.25, 0.3) is 0 Å². The highest BCUT2D eigenvalue weighted by Crippen LogP contribution is 2.40.